The van der Waals surface area contributed by atoms with Gasteiger partial charge in [-0.1, -0.05) is 19.9 Å². The first-order valence-corrected chi connectivity index (χ1v) is 8.03. The maximum Gasteiger partial charge on any atom is 0.0547 e. The molecule has 1 aliphatic rings. The van der Waals surface area contributed by atoms with Crippen molar-refractivity contribution in [3.8, 4) is 0 Å². The molecule has 20 heavy (non-hydrogen) atoms. The van der Waals surface area contributed by atoms with Gasteiger partial charge in [0.1, 0.15) is 0 Å². The Morgan fingerprint density at radius 1 is 1.35 bits per heavy atom. The van der Waals surface area contributed by atoms with Gasteiger partial charge in [0.25, 0.3) is 0 Å². The van der Waals surface area contributed by atoms with E-state index in [9.17, 15) is 0 Å². The van der Waals surface area contributed by atoms with Gasteiger partial charge in [-0.2, -0.15) is 0 Å². The molecule has 1 saturated heterocycles. The summed E-state index contributed by atoms with van der Waals surface area (Å²) < 4.78 is 0. The largest absolute Gasteiger partial charge is 0.316 e. The molecule has 1 fully saturated rings. The van der Waals surface area contributed by atoms with Gasteiger partial charge in [-0.25, -0.2) is 0 Å². The van der Waals surface area contributed by atoms with Gasteiger partial charge in [0.05, 0.1) is 5.69 Å². The van der Waals surface area contributed by atoms with E-state index < -0.39 is 0 Å². The van der Waals surface area contributed by atoms with Gasteiger partial charge in [-0.3, -0.25) is 9.88 Å². The third-order valence-electron chi connectivity index (χ3n) is 4.65. The summed E-state index contributed by atoms with van der Waals surface area (Å²) in [4.78, 5) is 7.20. The topological polar surface area (TPSA) is 28.2 Å². The summed E-state index contributed by atoms with van der Waals surface area (Å²) in [6.07, 6.45) is 3.93. The first-order chi connectivity index (χ1) is 9.67. The highest BCUT2D eigenvalue weighted by Gasteiger charge is 2.31. The molecule has 2 heterocycles. The van der Waals surface area contributed by atoms with E-state index in [1.165, 1.54) is 44.6 Å². The van der Waals surface area contributed by atoms with Gasteiger partial charge < -0.3 is 5.32 Å². The lowest BCUT2D eigenvalue weighted by molar-refractivity contribution is 0.110. The van der Waals surface area contributed by atoms with Crippen molar-refractivity contribution in [3.63, 3.8) is 0 Å². The predicted molar refractivity (Wildman–Crippen MR) is 84.8 cm³/mol. The molecule has 1 aromatic heterocycles. The lowest BCUT2D eigenvalue weighted by Crippen LogP contribution is -2.47. The SMILES string of the molecule is CCN(Cc1cccc(C)n1)CC1(CC)CCCNC1. The lowest BCUT2D eigenvalue weighted by atomic mass is 9.78. The number of aryl methyl sites for hydroxylation is 1. The van der Waals surface area contributed by atoms with Gasteiger partial charge in [-0.05, 0) is 56.8 Å². The third-order valence-corrected chi connectivity index (χ3v) is 4.65. The standard InChI is InChI=1S/C17H29N3/c1-4-17(10-7-11-18-13-17)14-20(5-2)12-16-9-6-8-15(3)19-16/h6,8-9,18H,4-5,7,10-14H2,1-3H3. The van der Waals surface area contributed by atoms with Crippen molar-refractivity contribution in [3.05, 3.63) is 29.6 Å². The Kier molecular flexibility index (Phi) is 5.55. The van der Waals surface area contributed by atoms with Crippen molar-refractivity contribution in [1.82, 2.24) is 15.2 Å². The molecule has 3 heteroatoms. The van der Waals surface area contributed by atoms with E-state index in [2.05, 4.69) is 54.2 Å². The highest BCUT2D eigenvalue weighted by molar-refractivity contribution is 5.09. The molecule has 2 rings (SSSR count). The van der Waals surface area contributed by atoms with Crippen LogP contribution in [-0.2, 0) is 6.54 Å². The van der Waals surface area contributed by atoms with Crippen LogP contribution in [-0.4, -0.2) is 36.1 Å². The maximum atomic E-state index is 4.65. The molecular weight excluding hydrogens is 246 g/mol. The van der Waals surface area contributed by atoms with E-state index in [1.54, 1.807) is 0 Å². The van der Waals surface area contributed by atoms with E-state index in [0.29, 0.717) is 5.41 Å². The average molecular weight is 275 g/mol. The van der Waals surface area contributed by atoms with Crippen LogP contribution in [0.5, 0.6) is 0 Å². The minimum Gasteiger partial charge on any atom is -0.316 e. The molecule has 1 aliphatic heterocycles. The molecule has 112 valence electrons. The number of aromatic nitrogens is 1. The highest BCUT2D eigenvalue weighted by atomic mass is 15.1. The Bertz CT molecular complexity index is 410. The van der Waals surface area contributed by atoms with E-state index in [0.717, 1.165) is 18.8 Å². The van der Waals surface area contributed by atoms with Gasteiger partial charge >= 0.3 is 0 Å². The minimum absolute atomic E-state index is 0.456. The number of hydrogen-bond donors (Lipinski definition) is 1. The highest BCUT2D eigenvalue weighted by Crippen LogP contribution is 2.31. The van der Waals surface area contributed by atoms with Crippen molar-refractivity contribution >= 4 is 0 Å². The molecule has 1 aromatic rings. The van der Waals surface area contributed by atoms with Crippen LogP contribution in [0, 0.1) is 12.3 Å². The number of rotatable bonds is 6. The molecule has 0 bridgehead atoms. The minimum atomic E-state index is 0.456. The number of nitrogens with zero attached hydrogens (tertiary/aromatic N) is 2. The fraction of sp³-hybridized carbons (Fsp3) is 0.706. The normalized spacial score (nSPS) is 23.2. The zero-order chi connectivity index (χ0) is 14.4. The predicted octanol–water partition coefficient (Wildman–Crippen LogP) is 2.99. The molecule has 3 nitrogen and oxygen atoms in total. The quantitative estimate of drug-likeness (QED) is 0.865. The van der Waals surface area contributed by atoms with Crippen LogP contribution in [0.3, 0.4) is 0 Å². The summed E-state index contributed by atoms with van der Waals surface area (Å²) in [5, 5.41) is 3.59. The first-order valence-electron chi connectivity index (χ1n) is 8.03. The number of hydrogen-bond acceptors (Lipinski definition) is 3. The summed E-state index contributed by atoms with van der Waals surface area (Å²) in [5.41, 5.74) is 2.77. The average Bonchev–Trinajstić information content (AvgIpc) is 2.47. The van der Waals surface area contributed by atoms with Crippen molar-refractivity contribution in [2.45, 2.75) is 46.6 Å². The van der Waals surface area contributed by atoms with Crippen LogP contribution in [0.1, 0.15) is 44.5 Å². The van der Waals surface area contributed by atoms with Crippen molar-refractivity contribution in [1.29, 1.82) is 0 Å². The van der Waals surface area contributed by atoms with Crippen LogP contribution in [0.15, 0.2) is 18.2 Å². The summed E-state index contributed by atoms with van der Waals surface area (Å²) in [5.74, 6) is 0. The van der Waals surface area contributed by atoms with Gasteiger partial charge in [0.2, 0.25) is 0 Å². The monoisotopic (exact) mass is 275 g/mol. The number of nitrogens with one attached hydrogen (secondary N) is 1. The summed E-state index contributed by atoms with van der Waals surface area (Å²) in [6, 6.07) is 6.33. The second-order valence-corrected chi connectivity index (χ2v) is 6.21. The molecule has 0 aliphatic carbocycles. The van der Waals surface area contributed by atoms with E-state index in [1.807, 2.05) is 0 Å². The zero-order valence-corrected chi connectivity index (χ0v) is 13.3. The maximum absolute atomic E-state index is 4.65. The van der Waals surface area contributed by atoms with E-state index >= 15 is 0 Å². The second-order valence-electron chi connectivity index (χ2n) is 6.21. The van der Waals surface area contributed by atoms with Crippen LogP contribution >= 0.6 is 0 Å². The number of pyridine rings is 1. The third kappa shape index (κ3) is 4.03. The van der Waals surface area contributed by atoms with Crippen LogP contribution in [0.2, 0.25) is 0 Å². The summed E-state index contributed by atoms with van der Waals surface area (Å²) in [6.45, 7) is 12.3. The Hall–Kier alpha value is -0.930. The summed E-state index contributed by atoms with van der Waals surface area (Å²) >= 11 is 0. The Morgan fingerprint density at radius 3 is 2.80 bits per heavy atom. The molecule has 1 atom stereocenters. The van der Waals surface area contributed by atoms with Crippen molar-refractivity contribution in [2.24, 2.45) is 5.41 Å². The van der Waals surface area contributed by atoms with Crippen molar-refractivity contribution in [2.75, 3.05) is 26.2 Å². The molecule has 0 radical (unpaired) electrons. The van der Waals surface area contributed by atoms with Crippen LogP contribution in [0.4, 0.5) is 0 Å². The van der Waals surface area contributed by atoms with Gasteiger partial charge in [0, 0.05) is 25.3 Å². The summed E-state index contributed by atoms with van der Waals surface area (Å²) in [7, 11) is 0. The molecule has 1 unspecified atom stereocenters. The van der Waals surface area contributed by atoms with Gasteiger partial charge in [0.15, 0.2) is 0 Å². The van der Waals surface area contributed by atoms with E-state index in [-0.39, 0.29) is 0 Å². The molecule has 0 aromatic carbocycles. The Balaban J connectivity index is 2.00. The van der Waals surface area contributed by atoms with Crippen LogP contribution < -0.4 is 5.32 Å². The molecule has 0 saturated carbocycles. The molecule has 0 spiro atoms. The smallest absolute Gasteiger partial charge is 0.0547 e. The van der Waals surface area contributed by atoms with Crippen molar-refractivity contribution < 1.29 is 0 Å². The number of piperidine rings is 1. The molecule has 1 N–H and O–H groups in total. The lowest BCUT2D eigenvalue weighted by Gasteiger charge is -2.40. The second kappa shape index (κ2) is 7.19. The van der Waals surface area contributed by atoms with Crippen LogP contribution in [0.25, 0.3) is 0 Å². The fourth-order valence-corrected chi connectivity index (χ4v) is 3.25. The van der Waals surface area contributed by atoms with E-state index in [4.69, 9.17) is 0 Å². The van der Waals surface area contributed by atoms with Gasteiger partial charge in [-0.15, -0.1) is 0 Å². The fourth-order valence-electron chi connectivity index (χ4n) is 3.25. The molecule has 0 amide bonds. The first kappa shape index (κ1) is 15.5. The zero-order valence-electron chi connectivity index (χ0n) is 13.3. The Morgan fingerprint density at radius 2 is 2.20 bits per heavy atom. The molecular formula is C17H29N3. The Labute approximate surface area is 123 Å².